The Morgan fingerprint density at radius 3 is 0.750 bits per heavy atom. The third-order valence-electron chi connectivity index (χ3n) is 3.72. The molecule has 1 aliphatic carbocycles. The molecule has 0 aromatic carbocycles. The molecular formula is C10H8O10S4. The fourth-order valence-electron chi connectivity index (χ4n) is 2.60. The van der Waals surface area contributed by atoms with E-state index in [0.29, 0.717) is 0 Å². The van der Waals surface area contributed by atoms with Gasteiger partial charge < -0.3 is 0 Å². The average molecular weight is 416 g/mol. The van der Waals surface area contributed by atoms with E-state index in [1.807, 2.05) is 0 Å². The first kappa shape index (κ1) is 17.4. The minimum atomic E-state index is -4.54. The van der Waals surface area contributed by atoms with Gasteiger partial charge in [-0.1, -0.05) is 0 Å². The van der Waals surface area contributed by atoms with Crippen LogP contribution >= 0.6 is 0 Å². The Kier molecular flexibility index (Phi) is 3.36. The van der Waals surface area contributed by atoms with E-state index >= 15 is 0 Å². The van der Waals surface area contributed by atoms with Crippen LogP contribution in [0.3, 0.4) is 0 Å². The molecule has 0 amide bonds. The predicted molar refractivity (Wildman–Crippen MR) is 79.2 cm³/mol. The highest BCUT2D eigenvalue weighted by Gasteiger charge is 2.55. The van der Waals surface area contributed by atoms with Crippen molar-refractivity contribution in [2.75, 3.05) is 23.0 Å². The molecule has 3 aliphatic rings. The number of hydrogen-bond donors (Lipinski definition) is 0. The number of sulfone groups is 4. The van der Waals surface area contributed by atoms with Gasteiger partial charge in [0.1, 0.15) is 19.6 Å². The molecule has 0 saturated heterocycles. The molecule has 2 aliphatic heterocycles. The molecule has 0 bridgehead atoms. The summed E-state index contributed by atoms with van der Waals surface area (Å²) in [5.41, 5.74) is 0. The summed E-state index contributed by atoms with van der Waals surface area (Å²) < 4.78 is 96.4. The Morgan fingerprint density at radius 1 is 0.417 bits per heavy atom. The van der Waals surface area contributed by atoms with Gasteiger partial charge in [0.2, 0.25) is 11.6 Å². The Bertz CT molecular complexity index is 1010. The number of ketones is 2. The zero-order valence-corrected chi connectivity index (χ0v) is 14.8. The average Bonchev–Trinajstić information content (AvgIpc) is 2.42. The van der Waals surface area contributed by atoms with Crippen LogP contribution in [0.15, 0.2) is 19.6 Å². The van der Waals surface area contributed by atoms with E-state index in [-0.39, 0.29) is 0 Å². The van der Waals surface area contributed by atoms with Crippen molar-refractivity contribution in [3.05, 3.63) is 19.6 Å². The van der Waals surface area contributed by atoms with Crippen molar-refractivity contribution in [2.45, 2.75) is 0 Å². The number of carbonyl (C=O) groups excluding carboxylic acids is 2. The molecule has 0 atom stereocenters. The normalized spacial score (nSPS) is 29.8. The maximum atomic E-state index is 12.4. The quantitative estimate of drug-likeness (QED) is 0.377. The standard InChI is InChI=1S/C10H8O10S4/c11-5-7-8(22(15,16)2-1-21(7,13)14)6(12)10-9(5)23(17,18)3-4-24(10,19)20/h1-4H2. The van der Waals surface area contributed by atoms with E-state index in [1.165, 1.54) is 0 Å². The fourth-order valence-corrected chi connectivity index (χ4v) is 11.6. The summed E-state index contributed by atoms with van der Waals surface area (Å²) in [7, 11) is -18.2. The van der Waals surface area contributed by atoms with Gasteiger partial charge in [-0.25, -0.2) is 33.7 Å². The molecule has 0 unspecified atom stereocenters. The monoisotopic (exact) mass is 416 g/mol. The highest BCUT2D eigenvalue weighted by Crippen LogP contribution is 2.40. The van der Waals surface area contributed by atoms with Crippen molar-refractivity contribution in [1.29, 1.82) is 0 Å². The van der Waals surface area contributed by atoms with Crippen LogP contribution < -0.4 is 0 Å². The van der Waals surface area contributed by atoms with Crippen LogP contribution in [0.2, 0.25) is 0 Å². The van der Waals surface area contributed by atoms with Gasteiger partial charge in [0.15, 0.2) is 39.3 Å². The molecular weight excluding hydrogens is 408 g/mol. The lowest BCUT2D eigenvalue weighted by Crippen LogP contribution is -2.44. The first-order valence-corrected chi connectivity index (χ1v) is 12.8. The summed E-state index contributed by atoms with van der Waals surface area (Å²) in [6.45, 7) is 0. The molecule has 10 nitrogen and oxygen atoms in total. The van der Waals surface area contributed by atoms with Crippen LogP contribution in [0, 0.1) is 0 Å². The van der Waals surface area contributed by atoms with Crippen molar-refractivity contribution in [1.82, 2.24) is 0 Å². The second-order valence-electron chi connectivity index (χ2n) is 5.25. The van der Waals surface area contributed by atoms with Crippen LogP contribution in [-0.4, -0.2) is 68.2 Å². The number of rotatable bonds is 0. The molecule has 0 saturated carbocycles. The molecule has 2 heterocycles. The molecule has 0 aromatic heterocycles. The Morgan fingerprint density at radius 2 is 0.583 bits per heavy atom. The Hall–Kier alpha value is -1.38. The molecule has 24 heavy (non-hydrogen) atoms. The molecule has 0 N–H and O–H groups in total. The largest absolute Gasteiger partial charge is 0.287 e. The van der Waals surface area contributed by atoms with Crippen LogP contribution in [0.5, 0.6) is 0 Å². The molecule has 0 aromatic rings. The number of allylic oxidation sites excluding steroid dienone is 4. The maximum absolute atomic E-state index is 12.4. The second kappa shape index (κ2) is 4.62. The van der Waals surface area contributed by atoms with Crippen LogP contribution in [0.25, 0.3) is 0 Å². The molecule has 3 rings (SSSR count). The van der Waals surface area contributed by atoms with Crippen molar-refractivity contribution in [3.8, 4) is 0 Å². The van der Waals surface area contributed by atoms with Crippen molar-refractivity contribution in [3.63, 3.8) is 0 Å². The lowest BCUT2D eigenvalue weighted by Gasteiger charge is -2.27. The zero-order valence-electron chi connectivity index (χ0n) is 11.5. The minimum absolute atomic E-state index is 0.997. The SMILES string of the molecule is O=C1C2=C(C(=O)C3=C1S(=O)(=O)CCS3(=O)=O)S(=O)(=O)CCS2(=O)=O. The first-order valence-electron chi connectivity index (χ1n) is 6.21. The van der Waals surface area contributed by atoms with E-state index in [0.717, 1.165) is 0 Å². The third-order valence-corrected chi connectivity index (χ3v) is 11.5. The van der Waals surface area contributed by atoms with Gasteiger partial charge in [0.05, 0.1) is 23.0 Å². The van der Waals surface area contributed by atoms with Crippen molar-refractivity contribution >= 4 is 50.9 Å². The van der Waals surface area contributed by atoms with Gasteiger partial charge in [-0.3, -0.25) is 9.59 Å². The van der Waals surface area contributed by atoms with Gasteiger partial charge in [-0.05, 0) is 0 Å². The van der Waals surface area contributed by atoms with Crippen LogP contribution in [0.4, 0.5) is 0 Å². The summed E-state index contributed by atoms with van der Waals surface area (Å²) in [4.78, 5) is 19.0. The van der Waals surface area contributed by atoms with Crippen LogP contribution in [-0.2, 0) is 48.9 Å². The smallest absolute Gasteiger partial charge is 0.218 e. The summed E-state index contributed by atoms with van der Waals surface area (Å²) in [6, 6.07) is 0. The fraction of sp³-hybridized carbons (Fsp3) is 0.400. The van der Waals surface area contributed by atoms with Gasteiger partial charge in [0.25, 0.3) is 0 Å². The van der Waals surface area contributed by atoms with E-state index in [1.54, 1.807) is 0 Å². The minimum Gasteiger partial charge on any atom is -0.287 e. The number of carbonyl (C=O) groups is 2. The molecule has 0 spiro atoms. The van der Waals surface area contributed by atoms with E-state index < -0.39 is 93.5 Å². The van der Waals surface area contributed by atoms with E-state index in [4.69, 9.17) is 0 Å². The number of hydrogen-bond acceptors (Lipinski definition) is 10. The third kappa shape index (κ3) is 2.16. The van der Waals surface area contributed by atoms with E-state index in [9.17, 15) is 43.3 Å². The van der Waals surface area contributed by atoms with Crippen molar-refractivity contribution < 1.29 is 43.3 Å². The molecule has 132 valence electrons. The van der Waals surface area contributed by atoms with Gasteiger partial charge in [-0.2, -0.15) is 0 Å². The first-order chi connectivity index (χ1) is 10.7. The van der Waals surface area contributed by atoms with Gasteiger partial charge >= 0.3 is 0 Å². The van der Waals surface area contributed by atoms with Gasteiger partial charge in [-0.15, -0.1) is 0 Å². The topological polar surface area (TPSA) is 171 Å². The summed E-state index contributed by atoms with van der Waals surface area (Å²) in [5, 5.41) is 0. The molecule has 0 fully saturated rings. The zero-order chi connectivity index (χ0) is 18.3. The lowest BCUT2D eigenvalue weighted by atomic mass is 10.1. The van der Waals surface area contributed by atoms with Crippen LogP contribution in [0.1, 0.15) is 0 Å². The van der Waals surface area contributed by atoms with E-state index in [2.05, 4.69) is 0 Å². The molecule has 0 radical (unpaired) electrons. The van der Waals surface area contributed by atoms with Crippen molar-refractivity contribution in [2.24, 2.45) is 0 Å². The maximum Gasteiger partial charge on any atom is 0.218 e. The Balaban J connectivity index is 2.53. The highest BCUT2D eigenvalue weighted by molar-refractivity contribution is 8.06. The Labute approximate surface area is 136 Å². The summed E-state index contributed by atoms with van der Waals surface area (Å²) in [6.07, 6.45) is 0. The van der Waals surface area contributed by atoms with Gasteiger partial charge in [0, 0.05) is 0 Å². The second-order valence-corrected chi connectivity index (χ2v) is 13.4. The summed E-state index contributed by atoms with van der Waals surface area (Å²) in [5.74, 6) is -7.53. The lowest BCUT2D eigenvalue weighted by molar-refractivity contribution is -0.114. The number of Topliss-reactive ketones (excluding diaryl/α,β-unsaturated/α-hetero) is 2. The summed E-state index contributed by atoms with van der Waals surface area (Å²) >= 11 is 0. The predicted octanol–water partition coefficient (Wildman–Crippen LogP) is -2.75. The highest BCUT2D eigenvalue weighted by atomic mass is 32.2. The molecule has 14 heteroatoms.